The van der Waals surface area contributed by atoms with E-state index in [1.807, 2.05) is 20.8 Å². The molecule has 10 N–H and O–H groups in total. The number of aromatic nitrogens is 6. The van der Waals surface area contributed by atoms with E-state index in [1.54, 1.807) is 10.8 Å². The predicted molar refractivity (Wildman–Crippen MR) is 205 cm³/mol. The minimum atomic E-state index is -5.16. The highest BCUT2D eigenvalue weighted by atomic mass is 33.1. The molecule has 316 valence electrons. The van der Waals surface area contributed by atoms with Crippen molar-refractivity contribution in [3.8, 4) is 0 Å². The van der Waals surface area contributed by atoms with Crippen molar-refractivity contribution in [1.29, 1.82) is 0 Å². The number of aliphatic hydroxyl groups is 1. The van der Waals surface area contributed by atoms with Crippen LogP contribution in [0.1, 0.15) is 46.1 Å². The van der Waals surface area contributed by atoms with Crippen LogP contribution in [-0.4, -0.2) is 128 Å². The highest BCUT2D eigenvalue weighted by Crippen LogP contribution is 2.50. The number of carbonyl (C=O) groups is 1. The third-order valence-corrected chi connectivity index (χ3v) is 13.5. The van der Waals surface area contributed by atoms with E-state index in [1.165, 1.54) is 34.0 Å². The summed E-state index contributed by atoms with van der Waals surface area (Å²) in [7, 11) is -7.15. The topological polar surface area (TPSA) is 356 Å². The van der Waals surface area contributed by atoms with Gasteiger partial charge in [0.05, 0.1) is 26.1 Å². The van der Waals surface area contributed by atoms with E-state index < -0.39 is 89.5 Å². The SMILES string of the molecule is C=NCC(C[C@H](N)C(=O)O[C@H]1[C@@H](O)[C@H](n2cnc3c(N)ncnc32)O[C@@H]1COP(=O)(O)O[C@H]1C[C@H](n2ccc(N)nc2=O)O[C@@H]1COP(=O)(O)O)SSC(C)(C)C. The molecule has 2 saturated heterocycles. The zero-order valence-corrected chi connectivity index (χ0v) is 34.1. The molecule has 2 fully saturated rings. The highest BCUT2D eigenvalue weighted by Gasteiger charge is 2.50. The lowest BCUT2D eigenvalue weighted by molar-refractivity contribution is -0.158. The fraction of sp³-hybridized carbons (Fsp3) is 0.621. The van der Waals surface area contributed by atoms with Gasteiger partial charge in [0, 0.05) is 22.6 Å². The molecule has 2 unspecified atom stereocenters. The molecule has 3 aromatic rings. The molecule has 2 aliphatic rings. The van der Waals surface area contributed by atoms with Gasteiger partial charge in [-0.1, -0.05) is 42.4 Å². The van der Waals surface area contributed by atoms with Crippen molar-refractivity contribution in [2.45, 2.75) is 92.6 Å². The van der Waals surface area contributed by atoms with Gasteiger partial charge < -0.3 is 51.2 Å². The standard InChI is InChI=1S/C29H44N10O14P2S2/c1-29(2,3)57-56-14(9-33-4)7-15(30)27(41)52-23-18(51-26(22(23)40)39-13-36-21-24(32)34-12-35-25(21)39)11-49-55(46,47)53-16-8-20(38-6-5-19(31)37-28(38)42)50-17(16)10-48-54(43,44)45/h5-6,12-18,20,22-23,26,40H,4,7-11,30H2,1-3H3,(H,46,47)(H2,31,37,42)(H2,32,34,35)(H2,43,44,45)/t14?,15-,16-,17+,18+,20+,22+,23+,26+/m0/s1. The number of aliphatic hydroxyl groups excluding tert-OH is 1. The van der Waals surface area contributed by atoms with Crippen LogP contribution >= 0.6 is 37.2 Å². The summed E-state index contributed by atoms with van der Waals surface area (Å²) < 4.78 is 59.7. The molecule has 0 saturated carbocycles. The van der Waals surface area contributed by atoms with Gasteiger partial charge >= 0.3 is 27.3 Å². The molecule has 5 rings (SSSR count). The molecule has 0 radical (unpaired) electrons. The summed E-state index contributed by atoms with van der Waals surface area (Å²) in [6, 6.07) is 0.0913. The van der Waals surface area contributed by atoms with E-state index in [2.05, 4.69) is 36.2 Å². The van der Waals surface area contributed by atoms with Gasteiger partial charge in [-0.25, -0.2) is 28.9 Å². The smallest absolute Gasteiger partial charge is 0.455 e. The van der Waals surface area contributed by atoms with Crippen molar-refractivity contribution >= 4 is 72.7 Å². The molecular formula is C29H44N10O14P2S2. The second-order valence-corrected chi connectivity index (χ2v) is 19.8. The van der Waals surface area contributed by atoms with E-state index >= 15 is 0 Å². The van der Waals surface area contributed by atoms with E-state index in [0.717, 1.165) is 10.9 Å². The Hall–Kier alpha value is -3.07. The number of hydrogen-bond acceptors (Lipinski definition) is 21. The van der Waals surface area contributed by atoms with Crippen LogP contribution in [0.25, 0.3) is 11.2 Å². The van der Waals surface area contributed by atoms with Crippen molar-refractivity contribution in [2.24, 2.45) is 10.7 Å². The Morgan fingerprint density at radius 3 is 2.51 bits per heavy atom. The van der Waals surface area contributed by atoms with Gasteiger partial charge in [-0.05, 0) is 19.2 Å². The number of nitrogen functional groups attached to an aromatic ring is 2. The normalized spacial score (nSPS) is 26.3. The Morgan fingerprint density at radius 2 is 1.84 bits per heavy atom. The minimum Gasteiger partial charge on any atom is -0.455 e. The van der Waals surface area contributed by atoms with Crippen LogP contribution in [0.3, 0.4) is 0 Å². The number of fused-ring (bicyclic) bond motifs is 1. The third kappa shape index (κ3) is 12.0. The first kappa shape index (κ1) is 45.0. The van der Waals surface area contributed by atoms with Crippen molar-refractivity contribution in [2.75, 3.05) is 31.2 Å². The van der Waals surface area contributed by atoms with Crippen LogP contribution in [-0.2, 0) is 41.7 Å². The van der Waals surface area contributed by atoms with Gasteiger partial charge in [0.15, 0.2) is 23.8 Å². The maximum atomic E-state index is 13.5. The molecule has 28 heteroatoms. The van der Waals surface area contributed by atoms with Gasteiger partial charge in [0.2, 0.25) is 0 Å². The van der Waals surface area contributed by atoms with E-state index in [0.29, 0.717) is 6.54 Å². The maximum absolute atomic E-state index is 13.5. The number of anilines is 2. The molecule has 0 bridgehead atoms. The fourth-order valence-electron chi connectivity index (χ4n) is 5.70. The van der Waals surface area contributed by atoms with Gasteiger partial charge in [-0.15, -0.1) is 0 Å². The zero-order chi connectivity index (χ0) is 41.9. The lowest BCUT2D eigenvalue weighted by Crippen LogP contribution is -2.44. The lowest BCUT2D eigenvalue weighted by atomic mass is 10.1. The second kappa shape index (κ2) is 18.5. The van der Waals surface area contributed by atoms with Gasteiger partial charge in [-0.2, -0.15) is 4.98 Å². The van der Waals surface area contributed by atoms with Crippen LogP contribution in [0.15, 0.2) is 34.7 Å². The van der Waals surface area contributed by atoms with Crippen LogP contribution in [0, 0.1) is 0 Å². The van der Waals surface area contributed by atoms with E-state index in [9.17, 15) is 38.5 Å². The quantitative estimate of drug-likeness (QED) is 0.0390. The minimum absolute atomic E-state index is 0.0321. The summed E-state index contributed by atoms with van der Waals surface area (Å²) in [6.07, 6.45) is -6.60. The van der Waals surface area contributed by atoms with Crippen molar-refractivity contribution in [3.05, 3.63) is 35.4 Å². The molecule has 0 aromatic carbocycles. The third-order valence-electron chi connectivity index (χ3n) is 8.23. The Bertz CT molecular complexity index is 2050. The first-order chi connectivity index (χ1) is 26.6. The summed E-state index contributed by atoms with van der Waals surface area (Å²) in [5.41, 5.74) is 17.2. The number of phosphoric ester groups is 2. The molecule has 24 nitrogen and oxygen atoms in total. The highest BCUT2D eigenvalue weighted by molar-refractivity contribution is 8.77. The number of esters is 1. The average molecular weight is 883 g/mol. The van der Waals surface area contributed by atoms with E-state index in [4.69, 9.17) is 40.5 Å². The van der Waals surface area contributed by atoms with Crippen LogP contribution in [0.5, 0.6) is 0 Å². The molecule has 0 aliphatic carbocycles. The number of phosphoric acid groups is 2. The summed E-state index contributed by atoms with van der Waals surface area (Å²) in [4.78, 5) is 75.1. The van der Waals surface area contributed by atoms with Crippen molar-refractivity contribution < 1.29 is 61.5 Å². The Kier molecular flexibility index (Phi) is 14.6. The monoisotopic (exact) mass is 882 g/mol. The molecule has 2 aliphatic heterocycles. The number of rotatable bonds is 18. The molecule has 10 atom stereocenters. The van der Waals surface area contributed by atoms with Crippen molar-refractivity contribution in [3.63, 3.8) is 0 Å². The summed E-state index contributed by atoms with van der Waals surface area (Å²) in [6.45, 7) is 8.25. The predicted octanol–water partition coefficient (Wildman–Crippen LogP) is 0.283. The van der Waals surface area contributed by atoms with E-state index in [-0.39, 0.29) is 45.6 Å². The van der Waals surface area contributed by atoms with Crippen LogP contribution in [0.4, 0.5) is 11.6 Å². The molecule has 0 amide bonds. The average Bonchev–Trinajstić information content (AvgIpc) is 3.80. The zero-order valence-electron chi connectivity index (χ0n) is 30.7. The molecule has 0 spiro atoms. The first-order valence-electron chi connectivity index (χ1n) is 17.0. The number of aliphatic imine (C=N–C) groups is 1. The Morgan fingerprint density at radius 1 is 1.12 bits per heavy atom. The number of imidazole rings is 1. The molecule has 5 heterocycles. The summed E-state index contributed by atoms with van der Waals surface area (Å²) >= 11 is 0. The number of nitrogens with zero attached hydrogens (tertiary/aromatic N) is 7. The second-order valence-electron chi connectivity index (χ2n) is 13.8. The van der Waals surface area contributed by atoms with Gasteiger partial charge in [-0.3, -0.25) is 32.5 Å². The number of nitrogens with two attached hydrogens (primary N) is 3. The van der Waals surface area contributed by atoms with Crippen LogP contribution < -0.4 is 22.9 Å². The maximum Gasteiger partial charge on any atom is 0.472 e. The van der Waals surface area contributed by atoms with Crippen LogP contribution in [0.2, 0.25) is 0 Å². The summed E-state index contributed by atoms with van der Waals surface area (Å²) in [5.74, 6) is -0.987. The number of hydrogen-bond donors (Lipinski definition) is 7. The number of carbonyl (C=O) groups excluding carboxylic acids is 1. The molecular weight excluding hydrogens is 838 g/mol. The van der Waals surface area contributed by atoms with Gasteiger partial charge in [0.1, 0.15) is 54.3 Å². The van der Waals surface area contributed by atoms with Gasteiger partial charge in [0.25, 0.3) is 0 Å². The summed E-state index contributed by atoms with van der Waals surface area (Å²) in [5, 5.41) is 11.3. The Balaban J connectivity index is 1.34. The first-order valence-corrected chi connectivity index (χ1v) is 22.2. The molecule has 3 aromatic heterocycles. The molecule has 57 heavy (non-hydrogen) atoms. The lowest BCUT2D eigenvalue weighted by Gasteiger charge is -2.26. The van der Waals surface area contributed by atoms with Crippen molar-refractivity contribution in [1.82, 2.24) is 29.1 Å². The number of ether oxygens (including phenoxy) is 3. The Labute approximate surface area is 332 Å². The fourth-order valence-corrected chi connectivity index (χ4v) is 9.57. The largest absolute Gasteiger partial charge is 0.472 e.